The summed E-state index contributed by atoms with van der Waals surface area (Å²) < 4.78 is 13.0. The predicted molar refractivity (Wildman–Crippen MR) is 110 cm³/mol. The highest BCUT2D eigenvalue weighted by molar-refractivity contribution is 5.85. The Bertz CT molecular complexity index is 1060. The van der Waals surface area contributed by atoms with Gasteiger partial charge in [-0.15, -0.1) is 12.4 Å². The molecule has 8 nitrogen and oxygen atoms in total. The predicted octanol–water partition coefficient (Wildman–Crippen LogP) is 3.18. The van der Waals surface area contributed by atoms with E-state index in [-0.39, 0.29) is 18.4 Å². The van der Waals surface area contributed by atoms with E-state index >= 15 is 0 Å². The van der Waals surface area contributed by atoms with Crippen LogP contribution >= 0.6 is 12.4 Å². The van der Waals surface area contributed by atoms with Crippen molar-refractivity contribution < 1.29 is 8.94 Å². The summed E-state index contributed by atoms with van der Waals surface area (Å²) in [6, 6.07) is 15.6. The highest BCUT2D eigenvalue weighted by Crippen LogP contribution is 2.29. The van der Waals surface area contributed by atoms with Crippen molar-refractivity contribution in [1.29, 1.82) is 0 Å². The first-order valence-corrected chi connectivity index (χ1v) is 9.24. The van der Waals surface area contributed by atoms with Gasteiger partial charge in [-0.05, 0) is 31.3 Å². The fraction of sp³-hybridized carbons (Fsp3) is 0.250. The largest absolute Gasteiger partial charge is 0.463 e. The Balaban J connectivity index is 0.00000205. The first kappa shape index (κ1) is 19.4. The van der Waals surface area contributed by atoms with Crippen LogP contribution in [0.25, 0.3) is 28.7 Å². The standard InChI is InChI=1S/C20H20N6O2.ClH/c1-25-10-9-21-13-17(25)19-22-20(28-24-19)16-12-15(18-8-5-11-27-18)23-26(16)14-6-3-2-4-7-14;/h2-8,11-12,17,21H,9-10,13H2,1H3;1H. The normalized spacial score (nSPS) is 17.2. The van der Waals surface area contributed by atoms with Crippen LogP contribution in [0.1, 0.15) is 11.9 Å². The third kappa shape index (κ3) is 3.69. The minimum absolute atomic E-state index is 0. The van der Waals surface area contributed by atoms with Gasteiger partial charge in [0, 0.05) is 25.7 Å². The summed E-state index contributed by atoms with van der Waals surface area (Å²) in [6.07, 6.45) is 1.63. The number of para-hydroxylation sites is 1. The van der Waals surface area contributed by atoms with Crippen LogP contribution in [-0.2, 0) is 0 Å². The van der Waals surface area contributed by atoms with Crippen LogP contribution < -0.4 is 5.32 Å². The van der Waals surface area contributed by atoms with Crippen molar-refractivity contribution >= 4 is 12.4 Å². The molecule has 9 heteroatoms. The van der Waals surface area contributed by atoms with E-state index in [9.17, 15) is 0 Å². The van der Waals surface area contributed by atoms with Gasteiger partial charge in [0.1, 0.15) is 11.4 Å². The lowest BCUT2D eigenvalue weighted by molar-refractivity contribution is 0.190. The number of aromatic nitrogens is 4. The van der Waals surface area contributed by atoms with Crippen molar-refractivity contribution in [1.82, 2.24) is 30.1 Å². The Labute approximate surface area is 173 Å². The van der Waals surface area contributed by atoms with E-state index in [4.69, 9.17) is 14.0 Å². The molecule has 1 saturated heterocycles. The molecule has 1 unspecified atom stereocenters. The molecule has 1 atom stereocenters. The van der Waals surface area contributed by atoms with Gasteiger partial charge in [0.05, 0.1) is 18.0 Å². The lowest BCUT2D eigenvalue weighted by Gasteiger charge is -2.30. The van der Waals surface area contributed by atoms with Crippen LogP contribution in [0.3, 0.4) is 0 Å². The molecule has 0 amide bonds. The summed E-state index contributed by atoms with van der Waals surface area (Å²) in [5.41, 5.74) is 2.34. The Morgan fingerprint density at radius 3 is 2.76 bits per heavy atom. The number of likely N-dealkylation sites (N-methyl/N-ethyl adjacent to an activating group) is 1. The van der Waals surface area contributed by atoms with Gasteiger partial charge in [-0.3, -0.25) is 4.90 Å². The van der Waals surface area contributed by atoms with E-state index in [2.05, 4.69) is 27.4 Å². The number of rotatable bonds is 4. The molecule has 150 valence electrons. The van der Waals surface area contributed by atoms with E-state index in [0.717, 1.165) is 31.0 Å². The van der Waals surface area contributed by atoms with Crippen LogP contribution in [0.5, 0.6) is 0 Å². The summed E-state index contributed by atoms with van der Waals surface area (Å²) in [5.74, 6) is 1.79. The number of hydrogen-bond donors (Lipinski definition) is 1. The van der Waals surface area contributed by atoms with Crippen LogP contribution in [0.15, 0.2) is 63.7 Å². The Morgan fingerprint density at radius 2 is 2.00 bits per heavy atom. The Morgan fingerprint density at radius 1 is 1.14 bits per heavy atom. The molecule has 1 aliphatic heterocycles. The molecule has 3 aromatic heterocycles. The molecule has 1 N–H and O–H groups in total. The second-order valence-corrected chi connectivity index (χ2v) is 6.80. The molecular weight excluding hydrogens is 392 g/mol. The van der Waals surface area contributed by atoms with Gasteiger partial charge in [-0.1, -0.05) is 23.4 Å². The van der Waals surface area contributed by atoms with Gasteiger partial charge in [-0.2, -0.15) is 10.1 Å². The average Bonchev–Trinajstić information content (AvgIpc) is 3.48. The maximum atomic E-state index is 5.64. The molecule has 0 aliphatic carbocycles. The topological polar surface area (TPSA) is 85.1 Å². The number of benzene rings is 1. The molecule has 0 bridgehead atoms. The first-order chi connectivity index (χ1) is 13.8. The monoisotopic (exact) mass is 412 g/mol. The molecule has 29 heavy (non-hydrogen) atoms. The molecule has 0 saturated carbocycles. The fourth-order valence-corrected chi connectivity index (χ4v) is 3.41. The van der Waals surface area contributed by atoms with Gasteiger partial charge >= 0.3 is 0 Å². The summed E-state index contributed by atoms with van der Waals surface area (Å²) in [6.45, 7) is 2.70. The van der Waals surface area contributed by atoms with Crippen molar-refractivity contribution in [2.45, 2.75) is 6.04 Å². The first-order valence-electron chi connectivity index (χ1n) is 9.24. The zero-order valence-corrected chi connectivity index (χ0v) is 16.7. The SMILES string of the molecule is CN1CCNCC1c1noc(-c2cc(-c3ccco3)nn2-c2ccccc2)n1.Cl. The van der Waals surface area contributed by atoms with Gasteiger partial charge < -0.3 is 14.3 Å². The van der Waals surface area contributed by atoms with Crippen LogP contribution in [0.2, 0.25) is 0 Å². The maximum absolute atomic E-state index is 5.64. The second-order valence-electron chi connectivity index (χ2n) is 6.80. The van der Waals surface area contributed by atoms with E-state index in [1.54, 1.807) is 10.9 Å². The van der Waals surface area contributed by atoms with Gasteiger partial charge in [0.2, 0.25) is 0 Å². The van der Waals surface area contributed by atoms with E-state index in [1.165, 1.54) is 0 Å². The number of hydrogen-bond acceptors (Lipinski definition) is 7. The third-order valence-electron chi connectivity index (χ3n) is 4.95. The number of furan rings is 1. The summed E-state index contributed by atoms with van der Waals surface area (Å²) >= 11 is 0. The molecule has 1 fully saturated rings. The number of nitrogens with one attached hydrogen (secondary N) is 1. The van der Waals surface area contributed by atoms with Crippen molar-refractivity contribution in [3.05, 3.63) is 60.6 Å². The molecule has 1 aliphatic rings. The van der Waals surface area contributed by atoms with Gasteiger partial charge in [0.15, 0.2) is 11.6 Å². The zero-order valence-electron chi connectivity index (χ0n) is 15.9. The fourth-order valence-electron chi connectivity index (χ4n) is 3.41. The minimum atomic E-state index is 0. The molecule has 0 radical (unpaired) electrons. The third-order valence-corrected chi connectivity index (χ3v) is 4.95. The molecule has 4 aromatic rings. The quantitative estimate of drug-likeness (QED) is 0.551. The Hall–Kier alpha value is -2.94. The lowest BCUT2D eigenvalue weighted by atomic mass is 10.2. The number of nitrogens with zero attached hydrogens (tertiary/aromatic N) is 5. The number of piperazine rings is 1. The van der Waals surface area contributed by atoms with Crippen LogP contribution in [0.4, 0.5) is 0 Å². The van der Waals surface area contributed by atoms with Crippen molar-refractivity contribution in [3.63, 3.8) is 0 Å². The molecule has 5 rings (SSSR count). The highest BCUT2D eigenvalue weighted by atomic mass is 35.5. The smallest absolute Gasteiger partial charge is 0.276 e. The molecule has 1 aromatic carbocycles. The van der Waals surface area contributed by atoms with Crippen LogP contribution in [-0.4, -0.2) is 51.5 Å². The lowest BCUT2D eigenvalue weighted by Crippen LogP contribution is -2.44. The van der Waals surface area contributed by atoms with Crippen molar-refractivity contribution in [2.24, 2.45) is 0 Å². The molecule has 4 heterocycles. The van der Waals surface area contributed by atoms with Gasteiger partial charge in [-0.25, -0.2) is 4.68 Å². The van der Waals surface area contributed by atoms with Gasteiger partial charge in [0.25, 0.3) is 5.89 Å². The molecular formula is C20H21ClN6O2. The summed E-state index contributed by atoms with van der Waals surface area (Å²) in [4.78, 5) is 6.91. The second kappa shape index (κ2) is 8.20. The maximum Gasteiger partial charge on any atom is 0.276 e. The number of halogens is 1. The van der Waals surface area contributed by atoms with E-state index in [1.807, 2.05) is 48.5 Å². The summed E-state index contributed by atoms with van der Waals surface area (Å²) in [5, 5.41) is 12.3. The summed E-state index contributed by atoms with van der Waals surface area (Å²) in [7, 11) is 2.07. The average molecular weight is 413 g/mol. The van der Waals surface area contributed by atoms with Crippen LogP contribution in [0, 0.1) is 0 Å². The Kier molecular flexibility index (Phi) is 5.48. The van der Waals surface area contributed by atoms with Crippen molar-refractivity contribution in [3.8, 4) is 28.7 Å². The van der Waals surface area contributed by atoms with E-state index in [0.29, 0.717) is 23.2 Å². The molecule has 0 spiro atoms. The zero-order chi connectivity index (χ0) is 18.9. The highest BCUT2D eigenvalue weighted by Gasteiger charge is 2.27. The minimum Gasteiger partial charge on any atom is -0.463 e. The van der Waals surface area contributed by atoms with E-state index < -0.39 is 0 Å². The van der Waals surface area contributed by atoms with Crippen molar-refractivity contribution in [2.75, 3.05) is 26.7 Å².